The van der Waals surface area contributed by atoms with Crippen molar-refractivity contribution in [1.82, 2.24) is 6.15 Å². The second kappa shape index (κ2) is 9.77. The summed E-state index contributed by atoms with van der Waals surface area (Å²) in [7, 11) is 0. The predicted molar refractivity (Wildman–Crippen MR) is 128 cm³/mol. The monoisotopic (exact) mass is 482 g/mol. The number of aliphatic hydroxyl groups is 3. The van der Waals surface area contributed by atoms with E-state index in [1.54, 1.807) is 0 Å². The summed E-state index contributed by atoms with van der Waals surface area (Å²) in [5.41, 5.74) is 5.02. The molecule has 0 amide bonds. The minimum Gasteiger partial charge on any atom is -0.481 e. The number of nitrogens with two attached hydrogens (primary N) is 1. The number of Topliss-reactive ketones (excluding diaryl/α,β-unsaturated/α-hetero) is 1. The van der Waals surface area contributed by atoms with E-state index in [9.17, 15) is 24.9 Å². The van der Waals surface area contributed by atoms with Crippen LogP contribution >= 0.6 is 0 Å². The van der Waals surface area contributed by atoms with E-state index in [1.165, 1.54) is 0 Å². The van der Waals surface area contributed by atoms with Crippen LogP contribution in [0, 0.1) is 52.3 Å². The van der Waals surface area contributed by atoms with Gasteiger partial charge in [0.05, 0.1) is 24.9 Å². The van der Waals surface area contributed by atoms with Crippen molar-refractivity contribution in [2.24, 2.45) is 58.0 Å². The SMILES string of the molecule is C[C@H](CCC(=O)O)[C@H]1CCC2C3C(C[C@H](O)[C@@]21C)[C@@]1(C)C(C(=O)CN)C[C@@H](O)C[C@H]1C[C@H]3O.N. The Balaban J connectivity index is 0.00000324. The van der Waals surface area contributed by atoms with Crippen molar-refractivity contribution >= 4 is 11.8 Å². The van der Waals surface area contributed by atoms with Crippen molar-refractivity contribution in [2.45, 2.75) is 90.4 Å². The van der Waals surface area contributed by atoms with Gasteiger partial charge >= 0.3 is 5.97 Å². The molecule has 196 valence electrons. The van der Waals surface area contributed by atoms with Crippen molar-refractivity contribution in [3.63, 3.8) is 0 Å². The lowest BCUT2D eigenvalue weighted by atomic mass is 9.40. The van der Waals surface area contributed by atoms with Crippen LogP contribution in [0.1, 0.15) is 72.1 Å². The topological polar surface area (TPSA) is 176 Å². The first-order valence-electron chi connectivity index (χ1n) is 12.9. The molecule has 0 saturated heterocycles. The molecule has 4 aliphatic carbocycles. The molecule has 4 unspecified atom stereocenters. The number of carboxylic acids is 1. The molecule has 4 aliphatic rings. The predicted octanol–water partition coefficient (Wildman–Crippen LogP) is 2.36. The maximum atomic E-state index is 13.0. The number of hydrogen-bond donors (Lipinski definition) is 6. The molecule has 12 atom stereocenters. The molecule has 0 aromatic heterocycles. The number of rotatable bonds is 6. The fourth-order valence-corrected chi connectivity index (χ4v) is 9.41. The maximum Gasteiger partial charge on any atom is 0.303 e. The van der Waals surface area contributed by atoms with Crippen LogP contribution in [0.25, 0.3) is 0 Å². The van der Waals surface area contributed by atoms with E-state index in [2.05, 4.69) is 20.8 Å². The van der Waals surface area contributed by atoms with E-state index in [0.717, 1.165) is 12.8 Å². The Hall–Kier alpha value is -1.06. The molecule has 0 aliphatic heterocycles. The molecule has 34 heavy (non-hydrogen) atoms. The second-order valence-electron chi connectivity index (χ2n) is 12.2. The summed E-state index contributed by atoms with van der Waals surface area (Å²) in [6, 6.07) is 0. The van der Waals surface area contributed by atoms with E-state index in [4.69, 9.17) is 10.8 Å². The summed E-state index contributed by atoms with van der Waals surface area (Å²) in [5, 5.41) is 42.7. The number of carboxylic acid groups (broad SMARTS) is 1. The van der Waals surface area contributed by atoms with Crippen molar-refractivity contribution in [1.29, 1.82) is 0 Å². The van der Waals surface area contributed by atoms with Crippen molar-refractivity contribution < 1.29 is 30.0 Å². The van der Waals surface area contributed by atoms with E-state index in [1.807, 2.05) is 0 Å². The highest BCUT2D eigenvalue weighted by Gasteiger charge is 2.67. The van der Waals surface area contributed by atoms with Gasteiger partial charge in [-0.05, 0) is 91.3 Å². The van der Waals surface area contributed by atoms with Crippen LogP contribution in [0.2, 0.25) is 0 Å². The quantitative estimate of drug-likeness (QED) is 0.334. The van der Waals surface area contributed by atoms with Gasteiger partial charge in [-0.15, -0.1) is 0 Å². The van der Waals surface area contributed by atoms with E-state index < -0.39 is 29.7 Å². The van der Waals surface area contributed by atoms with E-state index in [-0.39, 0.29) is 71.7 Å². The van der Waals surface area contributed by atoms with Gasteiger partial charge in [-0.25, -0.2) is 0 Å². The highest BCUT2D eigenvalue weighted by molar-refractivity contribution is 5.83. The molecule has 8 heteroatoms. The molecule has 4 rings (SSSR count). The molecule has 4 fully saturated rings. The third kappa shape index (κ3) is 4.03. The molecular weight excluding hydrogens is 436 g/mol. The molecular formula is C26H46N2O6. The summed E-state index contributed by atoms with van der Waals surface area (Å²) in [4.78, 5) is 24.1. The zero-order chi connectivity index (χ0) is 24.3. The van der Waals surface area contributed by atoms with Crippen LogP contribution in [-0.2, 0) is 9.59 Å². The highest BCUT2D eigenvalue weighted by Crippen LogP contribution is 2.69. The Morgan fingerprint density at radius 2 is 1.68 bits per heavy atom. The molecule has 4 saturated carbocycles. The van der Waals surface area contributed by atoms with Crippen molar-refractivity contribution in [3.05, 3.63) is 0 Å². The van der Waals surface area contributed by atoms with Gasteiger partial charge in [0.1, 0.15) is 5.78 Å². The number of aliphatic carboxylic acids is 1. The average Bonchev–Trinajstić information content (AvgIpc) is 3.11. The Labute approximate surface area is 203 Å². The number of carbonyl (C=O) groups is 2. The Morgan fingerprint density at radius 3 is 2.29 bits per heavy atom. The summed E-state index contributed by atoms with van der Waals surface area (Å²) in [6.45, 7) is 6.37. The van der Waals surface area contributed by atoms with Crippen molar-refractivity contribution in [3.8, 4) is 0 Å². The summed E-state index contributed by atoms with van der Waals surface area (Å²) < 4.78 is 0. The Bertz CT molecular complexity index is 778. The molecule has 0 heterocycles. The smallest absolute Gasteiger partial charge is 0.303 e. The number of carbonyl (C=O) groups excluding carboxylic acids is 1. The lowest BCUT2D eigenvalue weighted by Crippen LogP contribution is -2.65. The number of aliphatic hydroxyl groups excluding tert-OH is 3. The van der Waals surface area contributed by atoms with Gasteiger partial charge in [0, 0.05) is 12.3 Å². The van der Waals surface area contributed by atoms with Gasteiger partial charge in [-0.3, -0.25) is 9.59 Å². The Morgan fingerprint density at radius 1 is 1.00 bits per heavy atom. The molecule has 0 aromatic carbocycles. The largest absolute Gasteiger partial charge is 0.481 e. The minimum atomic E-state index is -0.789. The van der Waals surface area contributed by atoms with E-state index >= 15 is 0 Å². The summed E-state index contributed by atoms with van der Waals surface area (Å²) in [6.07, 6.45) is 3.03. The first-order valence-corrected chi connectivity index (χ1v) is 12.9. The van der Waals surface area contributed by atoms with Crippen LogP contribution in [0.4, 0.5) is 0 Å². The van der Waals surface area contributed by atoms with Gasteiger partial charge in [-0.1, -0.05) is 20.8 Å². The highest BCUT2D eigenvalue weighted by atomic mass is 16.4. The third-order valence-corrected chi connectivity index (χ3v) is 11.1. The van der Waals surface area contributed by atoms with Crippen LogP contribution < -0.4 is 11.9 Å². The van der Waals surface area contributed by atoms with Crippen LogP contribution in [0.15, 0.2) is 0 Å². The van der Waals surface area contributed by atoms with Gasteiger partial charge in [0.15, 0.2) is 0 Å². The van der Waals surface area contributed by atoms with Gasteiger partial charge < -0.3 is 32.3 Å². The average molecular weight is 483 g/mol. The van der Waals surface area contributed by atoms with Gasteiger partial charge in [-0.2, -0.15) is 0 Å². The molecule has 0 bridgehead atoms. The molecule has 0 aromatic rings. The van der Waals surface area contributed by atoms with Gasteiger partial charge in [0.2, 0.25) is 0 Å². The van der Waals surface area contributed by atoms with Crippen LogP contribution in [-0.4, -0.2) is 57.0 Å². The lowest BCUT2D eigenvalue weighted by molar-refractivity contribution is -0.221. The van der Waals surface area contributed by atoms with Crippen LogP contribution in [0.3, 0.4) is 0 Å². The number of ketones is 1. The fourth-order valence-electron chi connectivity index (χ4n) is 9.41. The lowest BCUT2D eigenvalue weighted by Gasteiger charge is -2.65. The zero-order valence-electron chi connectivity index (χ0n) is 21.0. The van der Waals surface area contributed by atoms with Crippen molar-refractivity contribution in [2.75, 3.05) is 6.54 Å². The molecule has 8 nitrogen and oxygen atoms in total. The molecule has 0 radical (unpaired) electrons. The fraction of sp³-hybridized carbons (Fsp3) is 0.923. The standard InChI is InChI=1S/C26H43NO6.H3N/c1-13(4-7-23(32)33)16-5-6-17-24-19(11-22(31)26(16,17)3)25(2)14(9-20(24)29)8-15(28)10-18(25)21(30)12-27;/h13-20,22,24,28-29,31H,4-12,27H2,1-3H3,(H,32,33);1H3/t13-,14+,15+,16-,17?,18?,19?,20-,22+,24?,25-,26-;/m1./s1. The summed E-state index contributed by atoms with van der Waals surface area (Å²) in [5.74, 6) is -0.598. The van der Waals surface area contributed by atoms with Crippen LogP contribution in [0.5, 0.6) is 0 Å². The molecule has 9 N–H and O–H groups in total. The van der Waals surface area contributed by atoms with Gasteiger partial charge in [0.25, 0.3) is 0 Å². The van der Waals surface area contributed by atoms with E-state index in [0.29, 0.717) is 32.1 Å². The second-order valence-corrected chi connectivity index (χ2v) is 12.2. The third-order valence-electron chi connectivity index (χ3n) is 11.1. The zero-order valence-corrected chi connectivity index (χ0v) is 21.0. The first-order chi connectivity index (χ1) is 15.5. The minimum absolute atomic E-state index is 0. The first kappa shape index (κ1) is 27.5. The summed E-state index contributed by atoms with van der Waals surface area (Å²) >= 11 is 0. The Kier molecular flexibility index (Phi) is 7.91. The molecule has 0 spiro atoms. The maximum absolute atomic E-state index is 13.0. The number of fused-ring (bicyclic) bond motifs is 5. The number of hydrogen-bond acceptors (Lipinski definition) is 7. The normalized spacial score (nSPS) is 48.6.